The maximum absolute atomic E-state index is 12.5. The fraction of sp³-hybridized carbons (Fsp3) is 0.588. The monoisotopic (exact) mass is 277 g/mol. The summed E-state index contributed by atoms with van der Waals surface area (Å²) in [5.41, 5.74) is 3.51. The molecule has 112 valence electrons. The molecule has 1 rings (SSSR count). The molecule has 0 unspecified atom stereocenters. The average Bonchev–Trinajstić information content (AvgIpc) is 2.43. The van der Waals surface area contributed by atoms with E-state index in [9.17, 15) is 9.90 Å². The summed E-state index contributed by atoms with van der Waals surface area (Å²) in [6.45, 7) is 8.76. The summed E-state index contributed by atoms with van der Waals surface area (Å²) in [6, 6.07) is 6.38. The lowest BCUT2D eigenvalue weighted by Crippen LogP contribution is -2.42. The molecule has 0 aliphatic rings. The third-order valence-electron chi connectivity index (χ3n) is 3.97. The van der Waals surface area contributed by atoms with E-state index in [1.807, 2.05) is 11.0 Å². The number of hydrogen-bond acceptors (Lipinski definition) is 2. The van der Waals surface area contributed by atoms with Gasteiger partial charge in [-0.25, -0.2) is 0 Å². The summed E-state index contributed by atoms with van der Waals surface area (Å²) in [5.74, 6) is 0.107. The van der Waals surface area contributed by atoms with Crippen LogP contribution in [0, 0.1) is 13.8 Å². The molecule has 0 heterocycles. The zero-order valence-electron chi connectivity index (χ0n) is 13.1. The summed E-state index contributed by atoms with van der Waals surface area (Å²) in [6.07, 6.45) is 2.27. The number of benzene rings is 1. The predicted octanol–water partition coefficient (Wildman–Crippen LogP) is 2.86. The van der Waals surface area contributed by atoms with Gasteiger partial charge in [-0.1, -0.05) is 32.0 Å². The Morgan fingerprint density at radius 2 is 1.85 bits per heavy atom. The topological polar surface area (TPSA) is 40.5 Å². The van der Waals surface area contributed by atoms with E-state index in [0.29, 0.717) is 13.0 Å². The molecule has 0 atom stereocenters. The lowest BCUT2D eigenvalue weighted by molar-refractivity contribution is -0.133. The zero-order chi connectivity index (χ0) is 15.1. The van der Waals surface area contributed by atoms with Crippen molar-refractivity contribution >= 4 is 5.91 Å². The molecule has 20 heavy (non-hydrogen) atoms. The smallest absolute Gasteiger partial charge is 0.227 e. The first-order valence-corrected chi connectivity index (χ1v) is 7.49. The van der Waals surface area contributed by atoms with E-state index < -0.39 is 0 Å². The molecular formula is C17H27NO2. The van der Waals surface area contributed by atoms with Crippen LogP contribution in [0.5, 0.6) is 0 Å². The lowest BCUT2D eigenvalue weighted by Gasteiger charge is -2.30. The van der Waals surface area contributed by atoms with Gasteiger partial charge in [0.1, 0.15) is 0 Å². The van der Waals surface area contributed by atoms with Gasteiger partial charge >= 0.3 is 0 Å². The second-order valence-corrected chi connectivity index (χ2v) is 5.38. The molecular weight excluding hydrogens is 250 g/mol. The minimum atomic E-state index is 0.0230. The van der Waals surface area contributed by atoms with Crippen LogP contribution >= 0.6 is 0 Å². The number of rotatable bonds is 7. The van der Waals surface area contributed by atoms with Crippen molar-refractivity contribution in [2.45, 2.75) is 53.0 Å². The van der Waals surface area contributed by atoms with Crippen LogP contribution in [0.2, 0.25) is 0 Å². The third-order valence-corrected chi connectivity index (χ3v) is 3.97. The Morgan fingerprint density at radius 1 is 1.20 bits per heavy atom. The van der Waals surface area contributed by atoms with Gasteiger partial charge in [-0.15, -0.1) is 0 Å². The Kier molecular flexibility index (Phi) is 6.73. The fourth-order valence-electron chi connectivity index (χ4n) is 2.54. The van der Waals surface area contributed by atoms with Crippen LogP contribution in [0.15, 0.2) is 18.2 Å². The van der Waals surface area contributed by atoms with Gasteiger partial charge in [-0.3, -0.25) is 4.79 Å². The number of aliphatic hydroxyl groups excluding tert-OH is 1. The number of carbonyl (C=O) groups is 1. The molecule has 3 heteroatoms. The van der Waals surface area contributed by atoms with E-state index in [4.69, 9.17) is 0 Å². The van der Waals surface area contributed by atoms with Gasteiger partial charge in [-0.05, 0) is 43.4 Å². The Balaban J connectivity index is 2.81. The van der Waals surface area contributed by atoms with Crippen LogP contribution in [0.3, 0.4) is 0 Å². The molecule has 0 bridgehead atoms. The quantitative estimate of drug-likeness (QED) is 0.832. The van der Waals surface area contributed by atoms with Crippen LogP contribution in [0.25, 0.3) is 0 Å². The first kappa shape index (κ1) is 16.7. The standard InChI is InChI=1S/C17H27NO2/c1-5-16(6-2)18(9-10-19)17(20)12-15-8-7-13(3)14(4)11-15/h7-8,11,16,19H,5-6,9-10,12H2,1-4H3. The molecule has 0 fully saturated rings. The Bertz CT molecular complexity index is 439. The first-order chi connectivity index (χ1) is 9.53. The number of amides is 1. The maximum atomic E-state index is 12.5. The van der Waals surface area contributed by atoms with Gasteiger partial charge in [0, 0.05) is 12.6 Å². The van der Waals surface area contributed by atoms with Gasteiger partial charge < -0.3 is 10.0 Å². The molecule has 1 aromatic carbocycles. The Hall–Kier alpha value is -1.35. The van der Waals surface area contributed by atoms with Crippen molar-refractivity contribution in [3.63, 3.8) is 0 Å². The molecule has 0 radical (unpaired) electrons. The van der Waals surface area contributed by atoms with Crippen LogP contribution in [0.1, 0.15) is 43.4 Å². The van der Waals surface area contributed by atoms with Gasteiger partial charge in [0.15, 0.2) is 0 Å². The summed E-state index contributed by atoms with van der Waals surface area (Å²) in [5, 5.41) is 9.18. The zero-order valence-corrected chi connectivity index (χ0v) is 13.1. The lowest BCUT2D eigenvalue weighted by atomic mass is 10.0. The highest BCUT2D eigenvalue weighted by molar-refractivity contribution is 5.79. The van der Waals surface area contributed by atoms with E-state index in [1.165, 1.54) is 11.1 Å². The van der Waals surface area contributed by atoms with E-state index in [2.05, 4.69) is 39.8 Å². The fourth-order valence-corrected chi connectivity index (χ4v) is 2.54. The minimum Gasteiger partial charge on any atom is -0.395 e. The summed E-state index contributed by atoms with van der Waals surface area (Å²) >= 11 is 0. The predicted molar refractivity (Wildman–Crippen MR) is 82.8 cm³/mol. The van der Waals surface area contributed by atoms with Gasteiger partial charge in [0.25, 0.3) is 0 Å². The highest BCUT2D eigenvalue weighted by atomic mass is 16.3. The largest absolute Gasteiger partial charge is 0.395 e. The molecule has 1 amide bonds. The SMILES string of the molecule is CCC(CC)N(CCO)C(=O)Cc1ccc(C)c(C)c1. The minimum absolute atomic E-state index is 0.0230. The molecule has 0 aromatic heterocycles. The Labute approximate surface area is 122 Å². The van der Waals surface area contributed by atoms with Crippen molar-refractivity contribution in [3.8, 4) is 0 Å². The summed E-state index contributed by atoms with van der Waals surface area (Å²) < 4.78 is 0. The maximum Gasteiger partial charge on any atom is 0.227 e. The molecule has 0 saturated heterocycles. The number of aliphatic hydroxyl groups is 1. The number of aryl methyl sites for hydroxylation is 2. The first-order valence-electron chi connectivity index (χ1n) is 7.49. The highest BCUT2D eigenvalue weighted by Gasteiger charge is 2.20. The van der Waals surface area contributed by atoms with Crippen molar-refractivity contribution in [1.82, 2.24) is 4.90 Å². The van der Waals surface area contributed by atoms with Crippen molar-refractivity contribution in [2.24, 2.45) is 0 Å². The van der Waals surface area contributed by atoms with E-state index in [1.54, 1.807) is 0 Å². The number of hydrogen-bond donors (Lipinski definition) is 1. The molecule has 3 nitrogen and oxygen atoms in total. The van der Waals surface area contributed by atoms with Crippen LogP contribution in [-0.4, -0.2) is 35.1 Å². The van der Waals surface area contributed by atoms with Gasteiger partial charge in [-0.2, -0.15) is 0 Å². The summed E-state index contributed by atoms with van der Waals surface area (Å²) in [4.78, 5) is 14.3. The summed E-state index contributed by atoms with van der Waals surface area (Å²) in [7, 11) is 0. The van der Waals surface area contributed by atoms with Crippen LogP contribution < -0.4 is 0 Å². The molecule has 0 spiro atoms. The molecule has 0 saturated carbocycles. The number of nitrogens with zero attached hydrogens (tertiary/aromatic N) is 1. The van der Waals surface area contributed by atoms with E-state index in [0.717, 1.165) is 18.4 Å². The van der Waals surface area contributed by atoms with E-state index in [-0.39, 0.29) is 18.6 Å². The molecule has 0 aliphatic carbocycles. The van der Waals surface area contributed by atoms with E-state index >= 15 is 0 Å². The van der Waals surface area contributed by atoms with Crippen molar-refractivity contribution in [3.05, 3.63) is 34.9 Å². The van der Waals surface area contributed by atoms with Gasteiger partial charge in [0.2, 0.25) is 5.91 Å². The highest BCUT2D eigenvalue weighted by Crippen LogP contribution is 2.14. The van der Waals surface area contributed by atoms with Crippen LogP contribution in [0.4, 0.5) is 0 Å². The second-order valence-electron chi connectivity index (χ2n) is 5.38. The average molecular weight is 277 g/mol. The van der Waals surface area contributed by atoms with Crippen molar-refractivity contribution < 1.29 is 9.90 Å². The molecule has 0 aliphatic heterocycles. The van der Waals surface area contributed by atoms with Crippen LogP contribution in [-0.2, 0) is 11.2 Å². The Morgan fingerprint density at radius 3 is 2.35 bits per heavy atom. The number of carbonyl (C=O) groups excluding carboxylic acids is 1. The van der Waals surface area contributed by atoms with Crippen molar-refractivity contribution in [1.29, 1.82) is 0 Å². The molecule has 1 aromatic rings. The molecule has 1 N–H and O–H groups in total. The second kappa shape index (κ2) is 8.05. The normalized spacial score (nSPS) is 10.9. The van der Waals surface area contributed by atoms with Gasteiger partial charge in [0.05, 0.1) is 13.0 Å². The third kappa shape index (κ3) is 4.34. The van der Waals surface area contributed by atoms with Crippen molar-refractivity contribution in [2.75, 3.05) is 13.2 Å².